The molecule has 2 heteroatoms. The number of hydrogen-bond acceptors (Lipinski definition) is 1. The third-order valence-electron chi connectivity index (χ3n) is 8.66. The molecule has 142 valence electrons. The van der Waals surface area contributed by atoms with Gasteiger partial charge in [-0.05, 0) is 111 Å². The molecule has 6 rings (SSSR count). The van der Waals surface area contributed by atoms with Gasteiger partial charge in [0.05, 0.1) is 0 Å². The van der Waals surface area contributed by atoms with Crippen molar-refractivity contribution in [3.8, 4) is 0 Å². The molecule has 2 unspecified atom stereocenters. The lowest BCUT2D eigenvalue weighted by Crippen LogP contribution is -2.60. The zero-order valence-corrected chi connectivity index (χ0v) is 17.2. The van der Waals surface area contributed by atoms with Gasteiger partial charge in [0.15, 0.2) is 0 Å². The summed E-state index contributed by atoms with van der Waals surface area (Å²) in [6, 6.07) is 10.3. The van der Waals surface area contributed by atoms with Crippen LogP contribution in [0.3, 0.4) is 0 Å². The summed E-state index contributed by atoms with van der Waals surface area (Å²) < 4.78 is 0. The van der Waals surface area contributed by atoms with Crippen molar-refractivity contribution in [3.63, 3.8) is 0 Å². The van der Waals surface area contributed by atoms with Crippen LogP contribution in [0.4, 0.5) is 0 Å². The van der Waals surface area contributed by atoms with Gasteiger partial charge in [-0.25, -0.2) is 0 Å². The Morgan fingerprint density at radius 1 is 1.00 bits per heavy atom. The Balaban J connectivity index is 1.42. The molecule has 5 aliphatic carbocycles. The quantitative estimate of drug-likeness (QED) is 0.650. The van der Waals surface area contributed by atoms with Crippen LogP contribution >= 0.6 is 11.6 Å². The zero-order chi connectivity index (χ0) is 17.9. The van der Waals surface area contributed by atoms with Crippen molar-refractivity contribution in [1.29, 1.82) is 0 Å². The minimum atomic E-state index is 0.424. The van der Waals surface area contributed by atoms with Crippen LogP contribution in [-0.4, -0.2) is 12.1 Å². The lowest BCUT2D eigenvalue weighted by Gasteiger charge is -2.64. The van der Waals surface area contributed by atoms with Crippen LogP contribution in [0.5, 0.6) is 0 Å². The number of nitrogens with one attached hydrogen (secondary N) is 1. The average molecular weight is 372 g/mol. The van der Waals surface area contributed by atoms with E-state index in [2.05, 4.69) is 43.4 Å². The van der Waals surface area contributed by atoms with E-state index in [1.807, 2.05) is 0 Å². The highest BCUT2D eigenvalue weighted by Gasteiger charge is 2.59. The molecule has 0 saturated heterocycles. The second-order valence-corrected chi connectivity index (χ2v) is 11.1. The van der Waals surface area contributed by atoms with E-state index in [9.17, 15) is 0 Å². The number of hydrogen-bond donors (Lipinski definition) is 1. The van der Waals surface area contributed by atoms with Gasteiger partial charge in [0.1, 0.15) is 0 Å². The van der Waals surface area contributed by atoms with E-state index in [-0.39, 0.29) is 0 Å². The molecule has 1 nitrogen and oxygen atoms in total. The van der Waals surface area contributed by atoms with Gasteiger partial charge in [-0.2, -0.15) is 0 Å². The van der Waals surface area contributed by atoms with E-state index in [0.717, 1.165) is 28.8 Å². The first-order valence-electron chi connectivity index (χ1n) is 11.0. The molecule has 4 bridgehead atoms. The molecule has 1 N–H and O–H groups in total. The molecule has 26 heavy (non-hydrogen) atoms. The highest BCUT2D eigenvalue weighted by Crippen LogP contribution is 2.66. The Labute approximate surface area is 164 Å². The van der Waals surface area contributed by atoms with Crippen molar-refractivity contribution in [3.05, 3.63) is 34.9 Å². The smallest absolute Gasteiger partial charge is 0.0406 e. The van der Waals surface area contributed by atoms with Crippen LogP contribution in [0.2, 0.25) is 5.02 Å². The van der Waals surface area contributed by atoms with Crippen LogP contribution in [0, 0.1) is 23.2 Å². The standard InChI is InChI=1S/C24H34ClN/c1-16-3-8-22(9-16)26-17(2)23-11-18-10-19(12-23)14-24(13-18,15-23)20-4-6-21(25)7-5-20/h4-7,16-19,22,26H,3,8-15H2,1-2H3/t16-,17-,18-,19+,22-,23?,24?/m1/s1. The summed E-state index contributed by atoms with van der Waals surface area (Å²) in [5, 5.41) is 5.00. The molecule has 1 aromatic rings. The van der Waals surface area contributed by atoms with Gasteiger partial charge in [0.25, 0.3) is 0 Å². The number of halogens is 1. The van der Waals surface area contributed by atoms with Gasteiger partial charge in [0, 0.05) is 17.1 Å². The van der Waals surface area contributed by atoms with Crippen molar-refractivity contribution < 1.29 is 0 Å². The summed E-state index contributed by atoms with van der Waals surface area (Å²) in [4.78, 5) is 0. The van der Waals surface area contributed by atoms with Gasteiger partial charge in [-0.1, -0.05) is 30.7 Å². The molecular weight excluding hydrogens is 338 g/mol. The summed E-state index contributed by atoms with van der Waals surface area (Å²) >= 11 is 6.19. The minimum absolute atomic E-state index is 0.424. The lowest BCUT2D eigenvalue weighted by atomic mass is 9.41. The molecule has 5 saturated carbocycles. The molecule has 5 fully saturated rings. The molecule has 7 atom stereocenters. The second kappa shape index (κ2) is 6.24. The molecule has 0 aliphatic heterocycles. The van der Waals surface area contributed by atoms with Crippen LogP contribution in [0.15, 0.2) is 24.3 Å². The predicted octanol–water partition coefficient (Wildman–Crippen LogP) is 6.34. The fourth-order valence-corrected chi connectivity index (χ4v) is 8.00. The third kappa shape index (κ3) is 2.85. The SMILES string of the molecule is C[C@@H]1CC[C@@H](N[C@H](C)C23C[C@@H]4C[C@@H](CC(c5ccc(Cl)cc5)(C4)C2)C3)C1. The van der Waals surface area contributed by atoms with Gasteiger partial charge in [-0.15, -0.1) is 0 Å². The first-order chi connectivity index (χ1) is 12.5. The summed E-state index contributed by atoms with van der Waals surface area (Å²) in [5.74, 6) is 2.80. The first kappa shape index (κ1) is 17.6. The average Bonchev–Trinajstić information content (AvgIpc) is 2.99. The van der Waals surface area contributed by atoms with Crippen LogP contribution in [-0.2, 0) is 5.41 Å². The van der Waals surface area contributed by atoms with Crippen molar-refractivity contribution >= 4 is 11.6 Å². The van der Waals surface area contributed by atoms with Crippen molar-refractivity contribution in [1.82, 2.24) is 5.32 Å². The van der Waals surface area contributed by atoms with Crippen LogP contribution in [0.25, 0.3) is 0 Å². The fraction of sp³-hybridized carbons (Fsp3) is 0.750. The van der Waals surface area contributed by atoms with E-state index < -0.39 is 0 Å². The first-order valence-corrected chi connectivity index (χ1v) is 11.4. The second-order valence-electron chi connectivity index (χ2n) is 10.6. The van der Waals surface area contributed by atoms with Crippen molar-refractivity contribution in [2.45, 2.75) is 89.1 Å². The maximum Gasteiger partial charge on any atom is 0.0406 e. The Bertz CT molecular complexity index is 651. The molecule has 5 aliphatic rings. The van der Waals surface area contributed by atoms with Crippen LogP contribution in [0.1, 0.15) is 77.2 Å². The summed E-state index contributed by atoms with van der Waals surface area (Å²) in [6.07, 6.45) is 12.8. The lowest BCUT2D eigenvalue weighted by molar-refractivity contribution is -0.0895. The minimum Gasteiger partial charge on any atom is -0.311 e. The topological polar surface area (TPSA) is 12.0 Å². The predicted molar refractivity (Wildman–Crippen MR) is 110 cm³/mol. The summed E-state index contributed by atoms with van der Waals surface area (Å²) in [5.41, 5.74) is 2.52. The van der Waals surface area contributed by atoms with E-state index in [0.29, 0.717) is 16.9 Å². The van der Waals surface area contributed by atoms with Gasteiger partial charge < -0.3 is 5.32 Å². The van der Waals surface area contributed by atoms with E-state index in [4.69, 9.17) is 11.6 Å². The molecule has 0 spiro atoms. The van der Waals surface area contributed by atoms with E-state index >= 15 is 0 Å². The maximum atomic E-state index is 6.19. The largest absolute Gasteiger partial charge is 0.311 e. The molecule has 1 aromatic carbocycles. The highest BCUT2D eigenvalue weighted by atomic mass is 35.5. The zero-order valence-electron chi connectivity index (χ0n) is 16.4. The molecule has 0 radical (unpaired) electrons. The molecule has 0 amide bonds. The maximum absolute atomic E-state index is 6.19. The Hall–Kier alpha value is -0.530. The molecule has 0 heterocycles. The number of rotatable bonds is 4. The highest BCUT2D eigenvalue weighted by molar-refractivity contribution is 6.30. The number of benzene rings is 1. The Kier molecular flexibility index (Phi) is 4.22. The van der Waals surface area contributed by atoms with E-state index in [1.165, 1.54) is 57.8 Å². The normalized spacial score (nSPS) is 45.2. The Morgan fingerprint density at radius 3 is 2.31 bits per heavy atom. The monoisotopic (exact) mass is 371 g/mol. The fourth-order valence-electron chi connectivity index (χ4n) is 7.87. The van der Waals surface area contributed by atoms with Gasteiger partial charge in [0.2, 0.25) is 0 Å². The van der Waals surface area contributed by atoms with Crippen molar-refractivity contribution in [2.24, 2.45) is 23.2 Å². The molecular formula is C24H34ClN. The summed E-state index contributed by atoms with van der Waals surface area (Å²) in [6.45, 7) is 4.94. The van der Waals surface area contributed by atoms with Gasteiger partial charge in [-0.3, -0.25) is 0 Å². The third-order valence-corrected chi connectivity index (χ3v) is 8.91. The van der Waals surface area contributed by atoms with Gasteiger partial charge >= 0.3 is 0 Å². The Morgan fingerprint density at radius 2 is 1.69 bits per heavy atom. The van der Waals surface area contributed by atoms with Crippen molar-refractivity contribution in [2.75, 3.05) is 0 Å². The molecule has 0 aromatic heterocycles. The summed E-state index contributed by atoms with van der Waals surface area (Å²) in [7, 11) is 0. The van der Waals surface area contributed by atoms with Crippen LogP contribution < -0.4 is 5.32 Å². The van der Waals surface area contributed by atoms with E-state index in [1.54, 1.807) is 5.56 Å².